The van der Waals surface area contributed by atoms with E-state index in [0.29, 0.717) is 6.61 Å². The highest BCUT2D eigenvalue weighted by molar-refractivity contribution is 4.87. The molecule has 0 aliphatic heterocycles. The lowest BCUT2D eigenvalue weighted by atomic mass is 9.79. The van der Waals surface area contributed by atoms with Crippen LogP contribution >= 0.6 is 0 Å². The molecule has 96 valence electrons. The number of halogens is 3. The second-order valence-corrected chi connectivity index (χ2v) is 4.59. The van der Waals surface area contributed by atoms with Crippen LogP contribution in [0.15, 0.2) is 0 Å². The van der Waals surface area contributed by atoms with Gasteiger partial charge in [-0.05, 0) is 32.1 Å². The zero-order chi connectivity index (χ0) is 12.2. The van der Waals surface area contributed by atoms with Crippen molar-refractivity contribution < 1.29 is 23.0 Å². The lowest BCUT2D eigenvalue weighted by molar-refractivity contribution is -0.196. The van der Waals surface area contributed by atoms with Crippen LogP contribution in [0.4, 0.5) is 13.2 Å². The molecular weight excluding hydrogens is 221 g/mol. The van der Waals surface area contributed by atoms with Gasteiger partial charge in [0.05, 0.1) is 18.1 Å². The van der Waals surface area contributed by atoms with E-state index in [4.69, 9.17) is 4.74 Å². The van der Waals surface area contributed by atoms with Crippen molar-refractivity contribution in [2.75, 3.05) is 13.2 Å². The number of hydrogen-bond acceptors (Lipinski definition) is 2. The second kappa shape index (κ2) is 5.36. The zero-order valence-corrected chi connectivity index (χ0v) is 9.52. The normalized spacial score (nSPS) is 31.7. The maximum absolute atomic E-state index is 12.4. The fourth-order valence-electron chi connectivity index (χ4n) is 2.03. The average Bonchev–Trinajstić information content (AvgIpc) is 2.17. The van der Waals surface area contributed by atoms with Crippen LogP contribution < -0.4 is 0 Å². The van der Waals surface area contributed by atoms with Crippen molar-refractivity contribution in [1.82, 2.24) is 0 Å². The van der Waals surface area contributed by atoms with Crippen LogP contribution in [0.1, 0.15) is 39.0 Å². The van der Waals surface area contributed by atoms with Crippen molar-refractivity contribution in [1.29, 1.82) is 0 Å². The van der Waals surface area contributed by atoms with Crippen LogP contribution in [0.3, 0.4) is 0 Å². The number of ether oxygens (including phenoxy) is 1. The quantitative estimate of drug-likeness (QED) is 0.766. The Hall–Kier alpha value is -0.290. The fourth-order valence-corrected chi connectivity index (χ4v) is 2.03. The van der Waals surface area contributed by atoms with Gasteiger partial charge in [0, 0.05) is 6.61 Å². The molecule has 0 aromatic rings. The summed E-state index contributed by atoms with van der Waals surface area (Å²) in [5.74, 6) is -1.25. The van der Waals surface area contributed by atoms with Crippen molar-refractivity contribution in [3.05, 3.63) is 0 Å². The molecule has 0 heterocycles. The Balaban J connectivity index is 2.35. The summed E-state index contributed by atoms with van der Waals surface area (Å²) in [7, 11) is 0. The number of alkyl halides is 3. The molecule has 0 aromatic carbocycles. The van der Waals surface area contributed by atoms with E-state index >= 15 is 0 Å². The van der Waals surface area contributed by atoms with Crippen LogP contribution in [-0.4, -0.2) is 30.1 Å². The van der Waals surface area contributed by atoms with Gasteiger partial charge in [-0.1, -0.05) is 6.92 Å². The molecule has 0 radical (unpaired) electrons. The van der Waals surface area contributed by atoms with Crippen LogP contribution in [-0.2, 0) is 4.74 Å². The van der Waals surface area contributed by atoms with Gasteiger partial charge in [-0.15, -0.1) is 0 Å². The Kier molecular flexibility index (Phi) is 4.62. The maximum atomic E-state index is 12.4. The standard InChI is InChI=1S/C11H19F3O2/c1-2-7-16-8-10(15)5-3-9(4-6-10)11(12,13)14/h9,15H,2-8H2,1H3. The minimum absolute atomic E-state index is 0.00941. The molecule has 5 heteroatoms. The van der Waals surface area contributed by atoms with E-state index < -0.39 is 17.7 Å². The molecule has 1 rings (SSSR count). The minimum Gasteiger partial charge on any atom is -0.387 e. The molecule has 1 saturated carbocycles. The van der Waals surface area contributed by atoms with Gasteiger partial charge in [0.2, 0.25) is 0 Å². The second-order valence-electron chi connectivity index (χ2n) is 4.59. The van der Waals surface area contributed by atoms with Crippen LogP contribution in [0.5, 0.6) is 0 Å². The molecule has 1 aliphatic carbocycles. The van der Waals surface area contributed by atoms with Gasteiger partial charge in [-0.25, -0.2) is 0 Å². The van der Waals surface area contributed by atoms with Crippen molar-refractivity contribution in [2.45, 2.75) is 50.8 Å². The molecule has 0 atom stereocenters. The first-order valence-electron chi connectivity index (χ1n) is 5.74. The highest BCUT2D eigenvalue weighted by atomic mass is 19.4. The average molecular weight is 240 g/mol. The van der Waals surface area contributed by atoms with Crippen molar-refractivity contribution in [3.8, 4) is 0 Å². The third-order valence-electron chi connectivity index (χ3n) is 3.10. The maximum Gasteiger partial charge on any atom is 0.391 e. The van der Waals surface area contributed by atoms with Crippen LogP contribution in [0.2, 0.25) is 0 Å². The van der Waals surface area contributed by atoms with Crippen molar-refractivity contribution in [2.24, 2.45) is 5.92 Å². The largest absolute Gasteiger partial charge is 0.391 e. The Bertz CT molecular complexity index is 208. The summed E-state index contributed by atoms with van der Waals surface area (Å²) in [4.78, 5) is 0. The van der Waals surface area contributed by atoms with Crippen molar-refractivity contribution >= 4 is 0 Å². The smallest absolute Gasteiger partial charge is 0.387 e. The monoisotopic (exact) mass is 240 g/mol. The van der Waals surface area contributed by atoms with Gasteiger partial charge in [0.25, 0.3) is 0 Å². The van der Waals surface area contributed by atoms with Crippen LogP contribution in [0, 0.1) is 5.92 Å². The molecule has 0 spiro atoms. The molecule has 1 N–H and O–H groups in total. The molecule has 1 fully saturated rings. The minimum atomic E-state index is -4.12. The van der Waals surface area contributed by atoms with E-state index in [1.165, 1.54) is 0 Å². The Morgan fingerprint density at radius 3 is 2.31 bits per heavy atom. The lowest BCUT2D eigenvalue weighted by Gasteiger charge is -2.36. The Morgan fingerprint density at radius 1 is 1.31 bits per heavy atom. The highest BCUT2D eigenvalue weighted by Crippen LogP contribution is 2.41. The summed E-state index contributed by atoms with van der Waals surface area (Å²) in [5.41, 5.74) is -1.04. The molecule has 2 nitrogen and oxygen atoms in total. The molecule has 0 unspecified atom stereocenters. The molecule has 0 bridgehead atoms. The van der Waals surface area contributed by atoms with Gasteiger partial charge in [0.15, 0.2) is 0 Å². The molecule has 1 aliphatic rings. The van der Waals surface area contributed by atoms with Crippen LogP contribution in [0.25, 0.3) is 0 Å². The van der Waals surface area contributed by atoms with Gasteiger partial charge in [-0.3, -0.25) is 0 Å². The lowest BCUT2D eigenvalue weighted by Crippen LogP contribution is -2.41. The molecular formula is C11H19F3O2. The summed E-state index contributed by atoms with van der Waals surface area (Å²) in [6.45, 7) is 2.65. The van der Waals surface area contributed by atoms with Gasteiger partial charge in [0.1, 0.15) is 0 Å². The molecule has 0 saturated heterocycles. The Morgan fingerprint density at radius 2 is 1.88 bits per heavy atom. The number of aliphatic hydroxyl groups is 1. The Labute approximate surface area is 93.8 Å². The number of rotatable bonds is 4. The predicted octanol–water partition coefficient (Wildman–Crippen LogP) is 2.90. The topological polar surface area (TPSA) is 29.5 Å². The summed E-state index contributed by atoms with van der Waals surface area (Å²) in [6, 6.07) is 0. The summed E-state index contributed by atoms with van der Waals surface area (Å²) in [5, 5.41) is 9.99. The highest BCUT2D eigenvalue weighted by Gasteiger charge is 2.45. The van der Waals surface area contributed by atoms with Gasteiger partial charge >= 0.3 is 6.18 Å². The van der Waals surface area contributed by atoms with E-state index in [-0.39, 0.29) is 32.3 Å². The number of hydrogen-bond donors (Lipinski definition) is 1. The predicted molar refractivity (Wildman–Crippen MR) is 54.1 cm³/mol. The van der Waals surface area contributed by atoms with Crippen molar-refractivity contribution in [3.63, 3.8) is 0 Å². The fraction of sp³-hybridized carbons (Fsp3) is 1.00. The first kappa shape index (κ1) is 13.8. The SMILES string of the molecule is CCCOCC1(O)CCC(C(F)(F)F)CC1. The summed E-state index contributed by atoms with van der Waals surface area (Å²) < 4.78 is 42.4. The van der Waals surface area contributed by atoms with E-state index in [1.807, 2.05) is 6.92 Å². The summed E-state index contributed by atoms with van der Waals surface area (Å²) in [6.07, 6.45) is -2.89. The van der Waals surface area contributed by atoms with E-state index in [2.05, 4.69) is 0 Å². The molecule has 0 aromatic heterocycles. The van der Waals surface area contributed by atoms with Gasteiger partial charge < -0.3 is 9.84 Å². The summed E-state index contributed by atoms with van der Waals surface area (Å²) >= 11 is 0. The van der Waals surface area contributed by atoms with E-state index in [9.17, 15) is 18.3 Å². The molecule has 0 amide bonds. The van der Waals surface area contributed by atoms with E-state index in [0.717, 1.165) is 6.42 Å². The third-order valence-corrected chi connectivity index (χ3v) is 3.10. The zero-order valence-electron chi connectivity index (χ0n) is 9.52. The third kappa shape index (κ3) is 3.94. The first-order valence-corrected chi connectivity index (χ1v) is 5.74. The van der Waals surface area contributed by atoms with Gasteiger partial charge in [-0.2, -0.15) is 13.2 Å². The first-order chi connectivity index (χ1) is 7.37. The molecule has 16 heavy (non-hydrogen) atoms. The van der Waals surface area contributed by atoms with E-state index in [1.54, 1.807) is 0 Å².